The van der Waals surface area contributed by atoms with Gasteiger partial charge in [-0.05, 0) is 0 Å². The Labute approximate surface area is 159 Å². The van der Waals surface area contributed by atoms with E-state index in [9.17, 15) is 35.7 Å². The highest BCUT2D eigenvalue weighted by molar-refractivity contribution is 4.91. The first-order valence-corrected chi connectivity index (χ1v) is 8.81. The van der Waals surface area contributed by atoms with Crippen LogP contribution < -0.4 is 0 Å². The summed E-state index contributed by atoms with van der Waals surface area (Å²) in [5.74, 6) is 0. The predicted octanol–water partition coefficient (Wildman–Crippen LogP) is -5.66. The Kier molecular flexibility index (Phi) is 7.20. The van der Waals surface area contributed by atoms with Gasteiger partial charge in [0.25, 0.3) is 0 Å². The van der Waals surface area contributed by atoms with Crippen molar-refractivity contribution in [2.45, 2.75) is 73.8 Å². The van der Waals surface area contributed by atoms with Crippen LogP contribution in [0.2, 0.25) is 0 Å². The fourth-order valence-corrected chi connectivity index (χ4v) is 3.26. The van der Waals surface area contributed by atoms with Crippen LogP contribution in [0.1, 0.15) is 0 Å². The number of ether oxygens (including phenoxy) is 5. The monoisotopic (exact) mass is 414 g/mol. The van der Waals surface area contributed by atoms with E-state index < -0.39 is 80.4 Å². The number of hydrogen-bond acceptors (Lipinski definition) is 13. The molecule has 0 saturated carbocycles. The molecule has 8 N–H and O–H groups in total. The minimum atomic E-state index is -1.63. The molecule has 0 amide bonds. The normalized spacial score (nSPS) is 52.7. The lowest BCUT2D eigenvalue weighted by Crippen LogP contribution is -2.60. The summed E-state index contributed by atoms with van der Waals surface area (Å²) in [5, 5.41) is 78.3. The molecule has 3 fully saturated rings. The molecule has 1 unspecified atom stereocenters. The van der Waals surface area contributed by atoms with Crippen LogP contribution in [0, 0.1) is 0 Å². The first-order chi connectivity index (χ1) is 13.2. The molecule has 3 rings (SSSR count). The molecule has 0 aromatic rings. The van der Waals surface area contributed by atoms with E-state index in [-0.39, 0.29) is 13.2 Å². The molecule has 164 valence electrons. The standard InChI is InChI=1S/C15H26O13/c16-1-5-7(18)10(21)15(26-5)28-12-4(17)2-25-14(11(12)22)27-6-3-24-13(23)9(20)8(6)19/h4-23H,1-3H2/t4-,5+,6-,7+,8+,9-,10-,11-,12+,13?,14+,15+/m1/s1. The third-order valence-corrected chi connectivity index (χ3v) is 4.98. The van der Waals surface area contributed by atoms with Gasteiger partial charge in [0, 0.05) is 0 Å². The smallest absolute Gasteiger partial charge is 0.187 e. The SMILES string of the molecule is OC[C@@H]1O[C@@H](O[C@@H]2[C@@H](O)[C@H](O[C@@H]3COC(O)[C@H](O)[C@H]3O)OC[C@H]2O)[C@H](O)[C@H]1O. The molecule has 0 aliphatic carbocycles. The Morgan fingerprint density at radius 1 is 0.714 bits per heavy atom. The van der Waals surface area contributed by atoms with Crippen molar-refractivity contribution in [3.05, 3.63) is 0 Å². The van der Waals surface area contributed by atoms with E-state index in [1.165, 1.54) is 0 Å². The van der Waals surface area contributed by atoms with Crippen LogP contribution in [0.5, 0.6) is 0 Å². The topological polar surface area (TPSA) is 208 Å². The van der Waals surface area contributed by atoms with E-state index in [4.69, 9.17) is 28.8 Å². The third kappa shape index (κ3) is 4.32. The van der Waals surface area contributed by atoms with Crippen molar-refractivity contribution in [2.75, 3.05) is 19.8 Å². The summed E-state index contributed by atoms with van der Waals surface area (Å²) < 4.78 is 26.0. The fraction of sp³-hybridized carbons (Fsp3) is 1.00. The van der Waals surface area contributed by atoms with Crippen molar-refractivity contribution in [1.29, 1.82) is 0 Å². The molecule has 13 nitrogen and oxygen atoms in total. The van der Waals surface area contributed by atoms with E-state index >= 15 is 0 Å². The summed E-state index contributed by atoms with van der Waals surface area (Å²) in [5.41, 5.74) is 0. The summed E-state index contributed by atoms with van der Waals surface area (Å²) >= 11 is 0. The second kappa shape index (κ2) is 9.09. The average molecular weight is 414 g/mol. The van der Waals surface area contributed by atoms with Gasteiger partial charge in [0.15, 0.2) is 18.9 Å². The predicted molar refractivity (Wildman–Crippen MR) is 83.2 cm³/mol. The van der Waals surface area contributed by atoms with Crippen LogP contribution in [-0.4, -0.2) is 134 Å². The number of aliphatic hydroxyl groups excluding tert-OH is 8. The van der Waals surface area contributed by atoms with Gasteiger partial charge in [-0.3, -0.25) is 0 Å². The lowest BCUT2D eigenvalue weighted by atomic mass is 10.0. The van der Waals surface area contributed by atoms with Gasteiger partial charge in [-0.25, -0.2) is 0 Å². The number of rotatable bonds is 5. The first kappa shape index (κ1) is 22.2. The summed E-state index contributed by atoms with van der Waals surface area (Å²) in [6.07, 6.45) is -17.1. The van der Waals surface area contributed by atoms with Gasteiger partial charge < -0.3 is 64.5 Å². The maximum absolute atomic E-state index is 10.5. The van der Waals surface area contributed by atoms with Crippen molar-refractivity contribution >= 4 is 0 Å². The average Bonchev–Trinajstić information content (AvgIpc) is 2.95. The fourth-order valence-electron chi connectivity index (χ4n) is 3.26. The maximum Gasteiger partial charge on any atom is 0.187 e. The second-order valence-electron chi connectivity index (χ2n) is 6.95. The van der Waals surface area contributed by atoms with Gasteiger partial charge in [-0.2, -0.15) is 0 Å². The van der Waals surface area contributed by atoms with Crippen LogP contribution in [-0.2, 0) is 23.7 Å². The lowest BCUT2D eigenvalue weighted by Gasteiger charge is -2.42. The number of hydrogen-bond donors (Lipinski definition) is 8. The van der Waals surface area contributed by atoms with Gasteiger partial charge in [-0.1, -0.05) is 0 Å². The van der Waals surface area contributed by atoms with Gasteiger partial charge >= 0.3 is 0 Å². The quantitative estimate of drug-likeness (QED) is 0.211. The van der Waals surface area contributed by atoms with Gasteiger partial charge in [0.2, 0.25) is 0 Å². The van der Waals surface area contributed by atoms with Gasteiger partial charge in [0.05, 0.1) is 19.8 Å². The zero-order valence-corrected chi connectivity index (χ0v) is 14.7. The highest BCUT2D eigenvalue weighted by atomic mass is 16.7. The molecule has 28 heavy (non-hydrogen) atoms. The minimum Gasteiger partial charge on any atom is -0.394 e. The van der Waals surface area contributed by atoms with Gasteiger partial charge in [0.1, 0.15) is 54.9 Å². The number of aliphatic hydroxyl groups is 8. The molecule has 3 aliphatic rings. The van der Waals surface area contributed by atoms with Crippen LogP contribution in [0.4, 0.5) is 0 Å². The van der Waals surface area contributed by atoms with E-state index in [1.54, 1.807) is 0 Å². The van der Waals surface area contributed by atoms with Gasteiger partial charge in [-0.15, -0.1) is 0 Å². The molecular formula is C15H26O13. The first-order valence-electron chi connectivity index (χ1n) is 8.81. The van der Waals surface area contributed by atoms with Crippen LogP contribution in [0.3, 0.4) is 0 Å². The Hall–Kier alpha value is -0.520. The van der Waals surface area contributed by atoms with Crippen LogP contribution >= 0.6 is 0 Å². The molecule has 0 aromatic carbocycles. The lowest BCUT2D eigenvalue weighted by molar-refractivity contribution is -0.338. The summed E-state index contributed by atoms with van der Waals surface area (Å²) in [4.78, 5) is 0. The summed E-state index contributed by atoms with van der Waals surface area (Å²) in [6, 6.07) is 0. The Balaban J connectivity index is 1.62. The van der Waals surface area contributed by atoms with Crippen molar-refractivity contribution < 1.29 is 64.5 Å². The molecule has 12 atom stereocenters. The molecular weight excluding hydrogens is 388 g/mol. The van der Waals surface area contributed by atoms with E-state index in [0.717, 1.165) is 0 Å². The molecule has 0 aromatic heterocycles. The Morgan fingerprint density at radius 2 is 1.43 bits per heavy atom. The summed E-state index contributed by atoms with van der Waals surface area (Å²) in [6.45, 7) is -1.21. The highest BCUT2D eigenvalue weighted by Gasteiger charge is 2.49. The van der Waals surface area contributed by atoms with Crippen molar-refractivity contribution in [1.82, 2.24) is 0 Å². The zero-order valence-electron chi connectivity index (χ0n) is 14.7. The van der Waals surface area contributed by atoms with E-state index in [0.29, 0.717) is 0 Å². The van der Waals surface area contributed by atoms with E-state index in [2.05, 4.69) is 0 Å². The maximum atomic E-state index is 10.5. The Bertz CT molecular complexity index is 508. The molecule has 3 aliphatic heterocycles. The van der Waals surface area contributed by atoms with Crippen LogP contribution in [0.15, 0.2) is 0 Å². The molecule has 3 saturated heterocycles. The molecule has 0 radical (unpaired) electrons. The largest absolute Gasteiger partial charge is 0.394 e. The Morgan fingerprint density at radius 3 is 2.07 bits per heavy atom. The third-order valence-electron chi connectivity index (χ3n) is 4.98. The van der Waals surface area contributed by atoms with Crippen molar-refractivity contribution in [3.8, 4) is 0 Å². The second-order valence-corrected chi connectivity index (χ2v) is 6.95. The molecule has 13 heteroatoms. The summed E-state index contributed by atoms with van der Waals surface area (Å²) in [7, 11) is 0. The molecule has 0 spiro atoms. The minimum absolute atomic E-state index is 0.297. The van der Waals surface area contributed by atoms with Crippen LogP contribution in [0.25, 0.3) is 0 Å². The highest BCUT2D eigenvalue weighted by Crippen LogP contribution is 2.29. The van der Waals surface area contributed by atoms with E-state index in [1.807, 2.05) is 0 Å². The van der Waals surface area contributed by atoms with Crippen molar-refractivity contribution in [2.24, 2.45) is 0 Å². The van der Waals surface area contributed by atoms with Crippen molar-refractivity contribution in [3.63, 3.8) is 0 Å². The zero-order chi connectivity index (χ0) is 20.6. The molecule has 3 heterocycles. The molecule has 0 bridgehead atoms.